The highest BCUT2D eigenvalue weighted by Gasteiger charge is 2.14. The number of ether oxygens (including phenoxy) is 1. The van der Waals surface area contributed by atoms with Gasteiger partial charge in [0.05, 0.1) is 5.56 Å². The van der Waals surface area contributed by atoms with E-state index in [1.807, 2.05) is 54.6 Å². The number of H-pyrrole nitrogens is 1. The number of carbonyl (C=O) groups is 1. The normalized spacial score (nSPS) is 12.3. The van der Waals surface area contributed by atoms with Crippen LogP contribution in [0.2, 0.25) is 0 Å². The third-order valence-electron chi connectivity index (χ3n) is 7.85. The lowest BCUT2D eigenvalue weighted by molar-refractivity contribution is 0.0697. The van der Waals surface area contributed by atoms with E-state index in [1.54, 1.807) is 12.1 Å². The van der Waals surface area contributed by atoms with Crippen LogP contribution in [0.15, 0.2) is 112 Å². The lowest BCUT2D eigenvalue weighted by Gasteiger charge is -2.19. The van der Waals surface area contributed by atoms with Crippen molar-refractivity contribution in [2.45, 2.75) is 52.1 Å². The van der Waals surface area contributed by atoms with Crippen molar-refractivity contribution in [2.24, 2.45) is 5.92 Å². The van der Waals surface area contributed by atoms with E-state index in [0.717, 1.165) is 52.8 Å². The molecule has 1 aromatic heterocycles. The van der Waals surface area contributed by atoms with Crippen molar-refractivity contribution in [1.82, 2.24) is 10.1 Å². The van der Waals surface area contributed by atoms with Crippen LogP contribution in [0, 0.1) is 5.92 Å². The zero-order chi connectivity index (χ0) is 31.8. The van der Waals surface area contributed by atoms with Crippen LogP contribution < -0.4 is 10.5 Å². The first kappa shape index (κ1) is 31.3. The zero-order valence-electron chi connectivity index (χ0n) is 25.8. The van der Waals surface area contributed by atoms with Gasteiger partial charge in [0.25, 0.3) is 0 Å². The number of allylic oxidation sites excluding steroid dienone is 1. The Morgan fingerprint density at radius 2 is 1.58 bits per heavy atom. The quantitative estimate of drug-likeness (QED) is 0.149. The summed E-state index contributed by atoms with van der Waals surface area (Å²) in [5.41, 5.74) is 6.81. The third-order valence-corrected chi connectivity index (χ3v) is 7.85. The van der Waals surface area contributed by atoms with E-state index in [2.05, 4.69) is 77.9 Å². The molecule has 0 saturated carbocycles. The first-order valence-corrected chi connectivity index (χ1v) is 15.1. The molecule has 0 fully saturated rings. The van der Waals surface area contributed by atoms with Crippen molar-refractivity contribution < 1.29 is 19.2 Å². The molecule has 7 nitrogen and oxygen atoms in total. The number of benzene rings is 4. The number of hydrogen-bond donors (Lipinski definition) is 2. The predicted octanol–water partition coefficient (Wildman–Crippen LogP) is 8.11. The minimum atomic E-state index is -0.927. The minimum absolute atomic E-state index is 0.106. The fraction of sp³-hybridized carbons (Fsp3) is 0.237. The number of rotatable bonds is 12. The van der Waals surface area contributed by atoms with Gasteiger partial charge >= 0.3 is 11.7 Å². The van der Waals surface area contributed by atoms with Gasteiger partial charge in [-0.3, -0.25) is 9.51 Å². The average Bonchev–Trinajstić information content (AvgIpc) is 3.48. The highest BCUT2D eigenvalue weighted by atomic mass is 16.5. The molecule has 5 rings (SSSR count). The third kappa shape index (κ3) is 8.70. The van der Waals surface area contributed by atoms with Crippen molar-refractivity contribution in [2.75, 3.05) is 0 Å². The summed E-state index contributed by atoms with van der Waals surface area (Å²) >= 11 is 0. The highest BCUT2D eigenvalue weighted by molar-refractivity contribution is 5.87. The van der Waals surface area contributed by atoms with Gasteiger partial charge < -0.3 is 9.84 Å². The maximum atomic E-state index is 11.4. The minimum Gasteiger partial charge on any atom is -0.488 e. The molecule has 0 bridgehead atoms. The van der Waals surface area contributed by atoms with Gasteiger partial charge in [0.1, 0.15) is 12.4 Å². The average molecular weight is 603 g/mol. The molecule has 4 aromatic carbocycles. The second kappa shape index (κ2) is 14.1. The van der Waals surface area contributed by atoms with Gasteiger partial charge in [-0.2, -0.15) is 0 Å². The Morgan fingerprint density at radius 3 is 2.22 bits per heavy atom. The predicted molar refractivity (Wildman–Crippen MR) is 176 cm³/mol. The number of para-hydroxylation sites is 1. The van der Waals surface area contributed by atoms with Crippen molar-refractivity contribution in [1.29, 1.82) is 0 Å². The van der Waals surface area contributed by atoms with E-state index >= 15 is 0 Å². The molecular weight excluding hydrogens is 564 g/mol. The zero-order valence-corrected chi connectivity index (χ0v) is 25.8. The summed E-state index contributed by atoms with van der Waals surface area (Å²) < 4.78 is 10.9. The summed E-state index contributed by atoms with van der Waals surface area (Å²) in [5, 5.41) is 13.0. The number of carboxylic acid groups (broad SMARTS) is 1. The van der Waals surface area contributed by atoms with Gasteiger partial charge in [0, 0.05) is 11.1 Å². The summed E-state index contributed by atoms with van der Waals surface area (Å²) in [7, 11) is 0. The van der Waals surface area contributed by atoms with Crippen molar-refractivity contribution in [3.05, 3.63) is 147 Å². The van der Waals surface area contributed by atoms with Gasteiger partial charge in [-0.05, 0) is 71.0 Å². The second-order valence-electron chi connectivity index (χ2n) is 12.3. The standard InChI is InChI=1S/C38H38N2O5/c1-38(2,3)33-22-15-29(16-23-33)25-44-34-7-5-4-6-30(34)17-12-27(9-8-26-10-20-32(21-11-26)36(41)42)24-28-13-18-31(19-14-28)35-39-37(43)45-40-35/h4-7,10-23,27H,8-9,24-25H2,1-3H3,(H,41,42)(H,39,40,43)/b17-12+/t27-/m0/s1. The number of hydrogen-bond acceptors (Lipinski definition) is 5. The Kier molecular flexibility index (Phi) is 9.78. The van der Waals surface area contributed by atoms with Gasteiger partial charge in [-0.15, -0.1) is 0 Å². The number of carboxylic acids is 1. The molecule has 2 N–H and O–H groups in total. The molecule has 45 heavy (non-hydrogen) atoms. The SMILES string of the molecule is CC(C)(C)c1ccc(COc2ccccc2/C=C/[C@H](CCc2ccc(C(=O)O)cc2)Cc2ccc(-c3noc(=O)[nH]3)cc2)cc1. The second-order valence-corrected chi connectivity index (χ2v) is 12.3. The Labute approximate surface area is 263 Å². The molecule has 0 spiro atoms. The smallest absolute Gasteiger partial charge is 0.439 e. The van der Waals surface area contributed by atoms with Crippen LogP contribution in [0.25, 0.3) is 17.5 Å². The summed E-state index contributed by atoms with van der Waals surface area (Å²) in [6.45, 7) is 7.11. The van der Waals surface area contributed by atoms with Gasteiger partial charge in [-0.25, -0.2) is 9.59 Å². The maximum absolute atomic E-state index is 11.4. The number of aryl methyl sites for hydroxylation is 1. The van der Waals surface area contributed by atoms with Crippen molar-refractivity contribution in [3.63, 3.8) is 0 Å². The number of aromatic amines is 1. The first-order chi connectivity index (χ1) is 21.6. The van der Waals surface area contributed by atoms with E-state index in [9.17, 15) is 14.7 Å². The van der Waals surface area contributed by atoms with E-state index in [4.69, 9.17) is 4.74 Å². The number of aromatic carboxylic acids is 1. The molecule has 0 amide bonds. The monoisotopic (exact) mass is 602 g/mol. The Bertz CT molecular complexity index is 1790. The van der Waals surface area contributed by atoms with Crippen LogP contribution in [0.1, 0.15) is 65.4 Å². The number of nitrogens with one attached hydrogen (secondary N) is 1. The van der Waals surface area contributed by atoms with Crippen LogP contribution in [0.3, 0.4) is 0 Å². The van der Waals surface area contributed by atoms with E-state index in [-0.39, 0.29) is 16.9 Å². The van der Waals surface area contributed by atoms with E-state index < -0.39 is 11.7 Å². The van der Waals surface area contributed by atoms with E-state index in [0.29, 0.717) is 12.4 Å². The molecule has 5 aromatic rings. The lowest BCUT2D eigenvalue weighted by atomic mass is 9.87. The Morgan fingerprint density at radius 1 is 0.911 bits per heavy atom. The molecule has 0 aliphatic rings. The van der Waals surface area contributed by atoms with E-state index in [1.165, 1.54) is 5.56 Å². The number of nitrogens with zero attached hydrogens (tertiary/aromatic N) is 1. The molecule has 0 radical (unpaired) electrons. The van der Waals surface area contributed by atoms with Crippen LogP contribution in [0.4, 0.5) is 0 Å². The Hall–Kier alpha value is -5.17. The molecule has 1 heterocycles. The summed E-state index contributed by atoms with van der Waals surface area (Å²) in [4.78, 5) is 25.2. The van der Waals surface area contributed by atoms with Crippen LogP contribution in [0.5, 0.6) is 5.75 Å². The first-order valence-electron chi connectivity index (χ1n) is 15.1. The van der Waals surface area contributed by atoms with Gasteiger partial charge in [0.15, 0.2) is 5.82 Å². The fourth-order valence-electron chi connectivity index (χ4n) is 5.14. The molecular formula is C38H38N2O5. The Balaban J connectivity index is 1.31. The summed E-state index contributed by atoms with van der Waals surface area (Å²) in [6, 6.07) is 31.6. The van der Waals surface area contributed by atoms with Crippen molar-refractivity contribution in [3.8, 4) is 17.1 Å². The molecule has 0 aliphatic heterocycles. The summed E-state index contributed by atoms with van der Waals surface area (Å²) in [5.74, 6) is -0.0984. The molecule has 0 aliphatic carbocycles. The molecule has 0 unspecified atom stereocenters. The molecule has 1 atom stereocenters. The van der Waals surface area contributed by atoms with Gasteiger partial charge in [-0.1, -0.05) is 117 Å². The van der Waals surface area contributed by atoms with Crippen LogP contribution >= 0.6 is 0 Å². The van der Waals surface area contributed by atoms with Crippen LogP contribution in [-0.2, 0) is 24.9 Å². The topological polar surface area (TPSA) is 105 Å². The lowest BCUT2D eigenvalue weighted by Crippen LogP contribution is -2.10. The largest absolute Gasteiger partial charge is 0.488 e. The highest BCUT2D eigenvalue weighted by Crippen LogP contribution is 2.26. The number of aromatic nitrogens is 2. The van der Waals surface area contributed by atoms with Crippen LogP contribution in [-0.4, -0.2) is 21.2 Å². The maximum Gasteiger partial charge on any atom is 0.439 e. The van der Waals surface area contributed by atoms with Gasteiger partial charge in [0.2, 0.25) is 0 Å². The van der Waals surface area contributed by atoms with Crippen molar-refractivity contribution >= 4 is 12.0 Å². The molecule has 7 heteroatoms. The molecule has 230 valence electrons. The summed E-state index contributed by atoms with van der Waals surface area (Å²) in [6.07, 6.45) is 6.82. The molecule has 0 saturated heterocycles. The fourth-order valence-corrected chi connectivity index (χ4v) is 5.14.